The fraction of sp³-hybridized carbons (Fsp3) is 0.0833. The molecule has 0 fully saturated rings. The van der Waals surface area contributed by atoms with E-state index in [1.54, 1.807) is 41.3 Å². The Morgan fingerprint density at radius 3 is 2.18 bits per heavy atom. The minimum absolute atomic E-state index is 0.135. The molecule has 4 heteroatoms. The molecule has 1 atom stereocenters. The summed E-state index contributed by atoms with van der Waals surface area (Å²) in [6.07, 6.45) is 1.67. The lowest BCUT2D eigenvalue weighted by Crippen LogP contribution is -2.52. The molecule has 0 saturated heterocycles. The standard InChI is InChI=1S/C24H16FNO2/c25-20-12-6-4-10-18(20)16-14-22(27)26-21-13-7-5-11-19(21)23(28)24(26,15-16)17-8-2-1-3-9-17/h1-14H,15H2/t24-/m0/s1. The van der Waals surface area contributed by atoms with Crippen molar-refractivity contribution in [3.63, 3.8) is 0 Å². The Morgan fingerprint density at radius 2 is 1.43 bits per heavy atom. The lowest BCUT2D eigenvalue weighted by Gasteiger charge is -2.41. The van der Waals surface area contributed by atoms with Gasteiger partial charge in [-0.15, -0.1) is 0 Å². The van der Waals surface area contributed by atoms with Crippen LogP contribution in [-0.4, -0.2) is 11.7 Å². The molecule has 2 aliphatic rings. The highest BCUT2D eigenvalue weighted by Crippen LogP contribution is 2.52. The van der Waals surface area contributed by atoms with E-state index in [-0.39, 0.29) is 18.1 Å². The number of nitrogens with zero attached hydrogens (tertiary/aromatic N) is 1. The Morgan fingerprint density at radius 1 is 0.786 bits per heavy atom. The molecule has 0 aliphatic carbocycles. The van der Waals surface area contributed by atoms with Crippen LogP contribution in [0.3, 0.4) is 0 Å². The summed E-state index contributed by atoms with van der Waals surface area (Å²) in [4.78, 5) is 28.5. The lowest BCUT2D eigenvalue weighted by atomic mass is 9.76. The molecule has 0 bridgehead atoms. The van der Waals surface area contributed by atoms with Crippen LogP contribution in [0.15, 0.2) is 84.9 Å². The quantitative estimate of drug-likeness (QED) is 0.654. The SMILES string of the molecule is O=C1C=C(c2ccccc2F)C[C@]2(c3ccccc3)C(=O)c3ccccc3N12. The van der Waals surface area contributed by atoms with Gasteiger partial charge in [-0.25, -0.2) is 4.39 Å². The second-order valence-electron chi connectivity index (χ2n) is 7.07. The molecule has 0 radical (unpaired) electrons. The summed E-state index contributed by atoms with van der Waals surface area (Å²) in [6, 6.07) is 22.8. The summed E-state index contributed by atoms with van der Waals surface area (Å²) >= 11 is 0. The van der Waals surface area contributed by atoms with Crippen molar-refractivity contribution in [1.82, 2.24) is 0 Å². The molecule has 3 aromatic carbocycles. The Hall–Kier alpha value is -3.53. The maximum Gasteiger partial charge on any atom is 0.252 e. The molecule has 3 nitrogen and oxygen atoms in total. The van der Waals surface area contributed by atoms with Crippen molar-refractivity contribution in [3.8, 4) is 0 Å². The van der Waals surface area contributed by atoms with Crippen LogP contribution in [0, 0.1) is 5.82 Å². The zero-order chi connectivity index (χ0) is 19.3. The van der Waals surface area contributed by atoms with E-state index in [4.69, 9.17) is 0 Å². The summed E-state index contributed by atoms with van der Waals surface area (Å²) in [6.45, 7) is 0. The molecule has 0 spiro atoms. The first-order chi connectivity index (χ1) is 13.6. The van der Waals surface area contributed by atoms with Crippen LogP contribution in [0.25, 0.3) is 5.57 Å². The molecule has 136 valence electrons. The molecule has 2 heterocycles. The van der Waals surface area contributed by atoms with Crippen LogP contribution in [0.2, 0.25) is 0 Å². The summed E-state index contributed by atoms with van der Waals surface area (Å²) < 4.78 is 14.5. The zero-order valence-corrected chi connectivity index (χ0v) is 14.9. The average Bonchev–Trinajstić information content (AvgIpc) is 2.99. The largest absolute Gasteiger partial charge is 0.291 e. The third kappa shape index (κ3) is 2.15. The fourth-order valence-corrected chi connectivity index (χ4v) is 4.37. The maximum atomic E-state index is 14.5. The van der Waals surface area contributed by atoms with E-state index in [1.165, 1.54) is 12.1 Å². The number of fused-ring (bicyclic) bond motifs is 3. The number of carbonyl (C=O) groups excluding carboxylic acids is 2. The fourth-order valence-electron chi connectivity index (χ4n) is 4.37. The van der Waals surface area contributed by atoms with Gasteiger partial charge in [-0.2, -0.15) is 0 Å². The molecule has 0 N–H and O–H groups in total. The van der Waals surface area contributed by atoms with Gasteiger partial charge in [-0.3, -0.25) is 14.5 Å². The number of Topliss-reactive ketones (excluding diaryl/α,β-unsaturated/α-hetero) is 1. The van der Waals surface area contributed by atoms with Gasteiger partial charge in [0.1, 0.15) is 11.4 Å². The van der Waals surface area contributed by atoms with Crippen molar-refractivity contribution in [2.45, 2.75) is 12.0 Å². The van der Waals surface area contributed by atoms with Crippen LogP contribution >= 0.6 is 0 Å². The third-order valence-corrected chi connectivity index (χ3v) is 5.58. The summed E-state index contributed by atoms with van der Waals surface area (Å²) in [5.74, 6) is -0.850. The van der Waals surface area contributed by atoms with Gasteiger partial charge in [-0.05, 0) is 29.3 Å². The number of para-hydroxylation sites is 1. The monoisotopic (exact) mass is 369 g/mol. The van der Waals surface area contributed by atoms with Crippen LogP contribution in [0.4, 0.5) is 10.1 Å². The first-order valence-corrected chi connectivity index (χ1v) is 9.12. The number of amides is 1. The van der Waals surface area contributed by atoms with Gasteiger partial charge in [0.15, 0.2) is 5.78 Å². The number of benzene rings is 3. The molecule has 0 aromatic heterocycles. The number of carbonyl (C=O) groups is 2. The Kier molecular flexibility index (Phi) is 3.56. The Balaban J connectivity index is 1.77. The number of anilines is 1. The minimum atomic E-state index is -1.20. The Labute approximate surface area is 161 Å². The van der Waals surface area contributed by atoms with E-state index < -0.39 is 11.4 Å². The van der Waals surface area contributed by atoms with E-state index >= 15 is 0 Å². The third-order valence-electron chi connectivity index (χ3n) is 5.58. The van der Waals surface area contributed by atoms with Crippen LogP contribution in [0.1, 0.15) is 27.9 Å². The zero-order valence-electron chi connectivity index (χ0n) is 14.9. The molecule has 3 aromatic rings. The molecule has 0 saturated carbocycles. The molecule has 28 heavy (non-hydrogen) atoms. The smallest absolute Gasteiger partial charge is 0.252 e. The van der Waals surface area contributed by atoms with Gasteiger partial charge >= 0.3 is 0 Å². The topological polar surface area (TPSA) is 37.4 Å². The van der Waals surface area contributed by atoms with Crippen molar-refractivity contribution >= 4 is 23.0 Å². The van der Waals surface area contributed by atoms with Crippen LogP contribution in [-0.2, 0) is 10.3 Å². The van der Waals surface area contributed by atoms with E-state index in [1.807, 2.05) is 36.4 Å². The van der Waals surface area contributed by atoms with Crippen molar-refractivity contribution in [2.24, 2.45) is 0 Å². The maximum absolute atomic E-state index is 14.5. The number of halogens is 1. The molecule has 5 rings (SSSR count). The van der Waals surface area contributed by atoms with E-state index in [2.05, 4.69) is 0 Å². The predicted octanol–water partition coefficient (Wildman–Crippen LogP) is 4.74. The second kappa shape index (κ2) is 5.99. The number of rotatable bonds is 2. The van der Waals surface area contributed by atoms with Gasteiger partial charge in [-0.1, -0.05) is 60.7 Å². The van der Waals surface area contributed by atoms with E-state index in [0.29, 0.717) is 22.4 Å². The van der Waals surface area contributed by atoms with Crippen molar-refractivity contribution in [1.29, 1.82) is 0 Å². The van der Waals surface area contributed by atoms with Crippen LogP contribution < -0.4 is 4.90 Å². The van der Waals surface area contributed by atoms with Crippen molar-refractivity contribution < 1.29 is 14.0 Å². The molecule has 0 unspecified atom stereocenters. The average molecular weight is 369 g/mol. The number of hydrogen-bond acceptors (Lipinski definition) is 2. The second-order valence-corrected chi connectivity index (χ2v) is 7.07. The highest BCUT2D eigenvalue weighted by atomic mass is 19.1. The number of ketones is 1. The van der Waals surface area contributed by atoms with Crippen molar-refractivity contribution in [2.75, 3.05) is 4.90 Å². The summed E-state index contributed by atoms with van der Waals surface area (Å²) in [5, 5.41) is 0. The highest BCUT2D eigenvalue weighted by molar-refractivity contribution is 6.25. The predicted molar refractivity (Wildman–Crippen MR) is 105 cm³/mol. The Bertz CT molecular complexity index is 1150. The number of hydrogen-bond donors (Lipinski definition) is 0. The van der Waals surface area contributed by atoms with Gasteiger partial charge in [0, 0.05) is 23.6 Å². The molecule has 1 amide bonds. The minimum Gasteiger partial charge on any atom is -0.291 e. The van der Waals surface area contributed by atoms with Crippen molar-refractivity contribution in [3.05, 3.63) is 107 Å². The van der Waals surface area contributed by atoms with E-state index in [0.717, 1.165) is 5.56 Å². The van der Waals surface area contributed by atoms with E-state index in [9.17, 15) is 14.0 Å². The van der Waals surface area contributed by atoms with Gasteiger partial charge < -0.3 is 0 Å². The van der Waals surface area contributed by atoms with Crippen LogP contribution in [0.5, 0.6) is 0 Å². The summed E-state index contributed by atoms with van der Waals surface area (Å²) in [7, 11) is 0. The molecule has 2 aliphatic heterocycles. The van der Waals surface area contributed by atoms with Gasteiger partial charge in [0.25, 0.3) is 5.91 Å². The highest BCUT2D eigenvalue weighted by Gasteiger charge is 2.56. The summed E-state index contributed by atoms with van der Waals surface area (Å²) in [5.41, 5.74) is 1.53. The first-order valence-electron chi connectivity index (χ1n) is 9.12. The molecular weight excluding hydrogens is 353 g/mol. The normalized spacial score (nSPS) is 20.6. The lowest BCUT2D eigenvalue weighted by molar-refractivity contribution is -0.115. The first kappa shape index (κ1) is 16.6. The molecular formula is C24H16FNO2. The van der Waals surface area contributed by atoms with Gasteiger partial charge in [0.2, 0.25) is 0 Å². The van der Waals surface area contributed by atoms with Gasteiger partial charge in [0.05, 0.1) is 5.69 Å².